The molecule has 4 rings (SSSR count). The molecular formula is C24H21Cl2F2N3O3S. The number of nitrogens with one attached hydrogen (secondary N) is 1. The molecule has 184 valence electrons. The van der Waals surface area contributed by atoms with Crippen molar-refractivity contribution in [2.45, 2.75) is 24.3 Å². The van der Waals surface area contributed by atoms with Gasteiger partial charge in [0.25, 0.3) is 0 Å². The van der Waals surface area contributed by atoms with Gasteiger partial charge in [0.2, 0.25) is 10.0 Å². The number of anilines is 1. The Labute approximate surface area is 212 Å². The van der Waals surface area contributed by atoms with Crippen LogP contribution in [0, 0.1) is 11.6 Å². The third-order valence-corrected chi connectivity index (χ3v) is 7.31. The van der Waals surface area contributed by atoms with E-state index in [2.05, 4.69) is 9.82 Å². The molecule has 0 fully saturated rings. The number of rotatable bonds is 8. The Balaban J connectivity index is 1.62. The average Bonchev–Trinajstić information content (AvgIpc) is 3.24. The summed E-state index contributed by atoms with van der Waals surface area (Å²) >= 11 is 12.5. The van der Waals surface area contributed by atoms with Crippen molar-refractivity contribution in [1.29, 1.82) is 0 Å². The van der Waals surface area contributed by atoms with Crippen LogP contribution in [0.3, 0.4) is 0 Å². The van der Waals surface area contributed by atoms with Gasteiger partial charge in [-0.3, -0.25) is 5.01 Å². The molecule has 0 amide bonds. The lowest BCUT2D eigenvalue weighted by Crippen LogP contribution is -2.30. The van der Waals surface area contributed by atoms with Crippen LogP contribution in [0.1, 0.15) is 24.9 Å². The van der Waals surface area contributed by atoms with Gasteiger partial charge >= 0.3 is 0 Å². The van der Waals surface area contributed by atoms with E-state index in [1.54, 1.807) is 23.2 Å². The van der Waals surface area contributed by atoms with Gasteiger partial charge in [-0.05, 0) is 61.0 Å². The summed E-state index contributed by atoms with van der Waals surface area (Å²) in [4.78, 5) is -0.767. The summed E-state index contributed by atoms with van der Waals surface area (Å²) in [5.41, 5.74) is 1.97. The Morgan fingerprint density at radius 2 is 1.83 bits per heavy atom. The number of hydrazone groups is 1. The Morgan fingerprint density at radius 3 is 2.51 bits per heavy atom. The first kappa shape index (κ1) is 25.4. The number of halogens is 4. The van der Waals surface area contributed by atoms with Crippen LogP contribution in [0.5, 0.6) is 5.75 Å². The number of benzene rings is 3. The second kappa shape index (κ2) is 10.5. The second-order valence-corrected chi connectivity index (χ2v) is 10.3. The number of hydrogen-bond acceptors (Lipinski definition) is 5. The zero-order valence-corrected chi connectivity index (χ0v) is 20.8. The Bertz CT molecular complexity index is 1370. The van der Waals surface area contributed by atoms with E-state index >= 15 is 0 Å². The van der Waals surface area contributed by atoms with Crippen LogP contribution in [0.2, 0.25) is 10.0 Å². The second-order valence-electron chi connectivity index (χ2n) is 7.73. The Morgan fingerprint density at radius 1 is 1.09 bits per heavy atom. The summed E-state index contributed by atoms with van der Waals surface area (Å²) in [5.74, 6) is -1.19. The first-order valence-corrected chi connectivity index (χ1v) is 12.9. The molecule has 0 spiro atoms. The van der Waals surface area contributed by atoms with E-state index in [9.17, 15) is 17.2 Å². The smallest absolute Gasteiger partial charge is 0.243 e. The Kier molecular flexibility index (Phi) is 7.61. The van der Waals surface area contributed by atoms with Crippen LogP contribution in [0.25, 0.3) is 0 Å². The predicted octanol–water partition coefficient (Wildman–Crippen LogP) is 5.96. The highest BCUT2D eigenvalue weighted by Gasteiger charge is 2.31. The van der Waals surface area contributed by atoms with Gasteiger partial charge in [0.15, 0.2) is 0 Å². The van der Waals surface area contributed by atoms with E-state index in [1.807, 2.05) is 31.2 Å². The summed E-state index contributed by atoms with van der Waals surface area (Å²) in [6.07, 6.45) is 0.362. The fraction of sp³-hybridized carbons (Fsp3) is 0.208. The zero-order chi connectivity index (χ0) is 25.2. The summed E-state index contributed by atoms with van der Waals surface area (Å²) < 4.78 is 60.6. The van der Waals surface area contributed by atoms with Crippen molar-refractivity contribution in [1.82, 2.24) is 4.72 Å². The molecule has 1 heterocycles. The third-order valence-electron chi connectivity index (χ3n) is 5.35. The summed E-state index contributed by atoms with van der Waals surface area (Å²) in [5, 5.41) is 7.13. The fourth-order valence-corrected chi connectivity index (χ4v) is 5.32. The zero-order valence-electron chi connectivity index (χ0n) is 18.5. The largest absolute Gasteiger partial charge is 0.494 e. The molecule has 0 aromatic heterocycles. The molecule has 6 nitrogen and oxygen atoms in total. The fourth-order valence-electron chi connectivity index (χ4n) is 3.72. The van der Waals surface area contributed by atoms with Crippen LogP contribution in [0.4, 0.5) is 14.5 Å². The minimum absolute atomic E-state index is 0.201. The Hall–Kier alpha value is -2.72. The average molecular weight is 540 g/mol. The number of nitrogens with zero attached hydrogens (tertiary/aromatic N) is 2. The highest BCUT2D eigenvalue weighted by molar-refractivity contribution is 7.89. The molecule has 0 bridgehead atoms. The van der Waals surface area contributed by atoms with Crippen molar-refractivity contribution in [3.63, 3.8) is 0 Å². The topological polar surface area (TPSA) is 71.0 Å². The highest BCUT2D eigenvalue weighted by Crippen LogP contribution is 2.40. The van der Waals surface area contributed by atoms with Crippen LogP contribution >= 0.6 is 23.2 Å². The van der Waals surface area contributed by atoms with E-state index in [0.29, 0.717) is 40.5 Å². The minimum Gasteiger partial charge on any atom is -0.494 e. The van der Waals surface area contributed by atoms with Gasteiger partial charge in [-0.15, -0.1) is 0 Å². The van der Waals surface area contributed by atoms with Crippen LogP contribution in [-0.4, -0.2) is 27.3 Å². The van der Waals surface area contributed by atoms with E-state index in [4.69, 9.17) is 27.9 Å². The molecule has 0 saturated carbocycles. The number of ether oxygens (including phenoxy) is 1. The molecule has 0 aliphatic carbocycles. The van der Waals surface area contributed by atoms with Crippen molar-refractivity contribution in [2.24, 2.45) is 5.10 Å². The molecule has 1 aliphatic rings. The standard InChI is InChI=1S/C24H21Cl2F2N3O3S/c1-2-34-19-7-3-15(4-8-19)23-13-18(30-31(23)22-10-5-16(25)11-20(22)26)14-29-35(32,33)24-12-17(27)6-9-21(24)28/h3-12,23,29H,2,13-14H2,1H3. The lowest BCUT2D eigenvalue weighted by Gasteiger charge is -2.25. The molecule has 0 saturated heterocycles. The first-order chi connectivity index (χ1) is 16.7. The first-order valence-electron chi connectivity index (χ1n) is 10.7. The van der Waals surface area contributed by atoms with E-state index < -0.39 is 26.6 Å². The van der Waals surface area contributed by atoms with Crippen molar-refractivity contribution in [3.05, 3.63) is 87.9 Å². The molecule has 35 heavy (non-hydrogen) atoms. The van der Waals surface area contributed by atoms with Crippen LogP contribution < -0.4 is 14.5 Å². The van der Waals surface area contributed by atoms with Gasteiger partial charge in [-0.25, -0.2) is 21.9 Å². The number of hydrogen-bond donors (Lipinski definition) is 1. The van der Waals surface area contributed by atoms with E-state index in [1.165, 1.54) is 0 Å². The normalized spacial score (nSPS) is 15.9. The highest BCUT2D eigenvalue weighted by atomic mass is 35.5. The van der Waals surface area contributed by atoms with Gasteiger partial charge < -0.3 is 4.74 Å². The molecule has 1 N–H and O–H groups in total. The molecule has 11 heteroatoms. The van der Waals surface area contributed by atoms with Crippen molar-refractivity contribution < 1.29 is 21.9 Å². The maximum atomic E-state index is 14.0. The van der Waals surface area contributed by atoms with Gasteiger partial charge in [-0.1, -0.05) is 35.3 Å². The maximum Gasteiger partial charge on any atom is 0.243 e. The van der Waals surface area contributed by atoms with Gasteiger partial charge in [0.05, 0.1) is 35.6 Å². The summed E-state index contributed by atoms with van der Waals surface area (Å²) in [7, 11) is -4.32. The molecule has 3 aromatic carbocycles. The van der Waals surface area contributed by atoms with Crippen LogP contribution in [-0.2, 0) is 10.0 Å². The molecule has 1 unspecified atom stereocenters. The molecule has 1 aliphatic heterocycles. The molecule has 1 atom stereocenters. The minimum atomic E-state index is -4.32. The molecule has 0 radical (unpaired) electrons. The van der Waals surface area contributed by atoms with E-state index in [-0.39, 0.29) is 12.6 Å². The quantitative estimate of drug-likeness (QED) is 0.383. The van der Waals surface area contributed by atoms with E-state index in [0.717, 1.165) is 23.4 Å². The third kappa shape index (κ3) is 5.75. The van der Waals surface area contributed by atoms with Crippen molar-refractivity contribution >= 4 is 44.6 Å². The summed E-state index contributed by atoms with van der Waals surface area (Å²) in [6.45, 7) is 2.23. The van der Waals surface area contributed by atoms with Crippen molar-refractivity contribution in [2.75, 3.05) is 18.2 Å². The monoisotopic (exact) mass is 539 g/mol. The molecular weight excluding hydrogens is 519 g/mol. The van der Waals surface area contributed by atoms with Crippen molar-refractivity contribution in [3.8, 4) is 5.75 Å². The van der Waals surface area contributed by atoms with Gasteiger partial charge in [0, 0.05) is 11.4 Å². The van der Waals surface area contributed by atoms with Gasteiger partial charge in [-0.2, -0.15) is 5.10 Å². The molecule has 3 aromatic rings. The lowest BCUT2D eigenvalue weighted by molar-refractivity contribution is 0.340. The lowest BCUT2D eigenvalue weighted by atomic mass is 10.0. The SMILES string of the molecule is CCOc1ccc(C2CC(CNS(=O)(=O)c3cc(F)ccc3F)=NN2c2ccc(Cl)cc2Cl)cc1. The number of sulfonamides is 1. The summed E-state index contributed by atoms with van der Waals surface area (Å²) in [6, 6.07) is 14.4. The van der Waals surface area contributed by atoms with Crippen LogP contribution in [0.15, 0.2) is 70.7 Å². The maximum absolute atomic E-state index is 14.0. The predicted molar refractivity (Wildman–Crippen MR) is 133 cm³/mol. The van der Waals surface area contributed by atoms with Gasteiger partial charge in [0.1, 0.15) is 22.3 Å².